The number of hydrogen-bond donors (Lipinski definition) is 2. The summed E-state index contributed by atoms with van der Waals surface area (Å²) in [6, 6.07) is 22.7. The van der Waals surface area contributed by atoms with Gasteiger partial charge in [-0.25, -0.2) is 9.97 Å². The van der Waals surface area contributed by atoms with Crippen molar-refractivity contribution in [3.05, 3.63) is 102 Å². The number of imidazole rings is 1. The fourth-order valence-electron chi connectivity index (χ4n) is 4.32. The topological polar surface area (TPSA) is 89.1 Å². The highest BCUT2D eigenvalue weighted by Crippen LogP contribution is 2.35. The Labute approximate surface area is 201 Å². The van der Waals surface area contributed by atoms with E-state index in [1.807, 2.05) is 48.5 Å². The van der Waals surface area contributed by atoms with Gasteiger partial charge in [0, 0.05) is 24.6 Å². The van der Waals surface area contributed by atoms with Crippen LogP contribution in [0.3, 0.4) is 0 Å². The molecule has 6 rings (SSSR count). The largest absolute Gasteiger partial charge is 0.508 e. The van der Waals surface area contributed by atoms with Gasteiger partial charge >= 0.3 is 0 Å². The minimum atomic E-state index is 0.0728. The molecule has 0 unspecified atom stereocenters. The zero-order valence-electron chi connectivity index (χ0n) is 18.9. The SMILES string of the molecule is Oc1ccc(Cc2nc3c(Cc4ccccc4)nc(-c4ccc5c(c4)OCCO5)cn3c2O)cc1. The van der Waals surface area contributed by atoms with Gasteiger partial charge in [-0.05, 0) is 41.5 Å². The molecule has 2 N–H and O–H groups in total. The second kappa shape index (κ2) is 8.68. The van der Waals surface area contributed by atoms with E-state index >= 15 is 0 Å². The normalized spacial score (nSPS) is 12.7. The maximum absolute atomic E-state index is 11.1. The Kier molecular flexibility index (Phi) is 5.22. The summed E-state index contributed by atoms with van der Waals surface area (Å²) in [5.41, 5.74) is 5.52. The monoisotopic (exact) mass is 465 g/mol. The van der Waals surface area contributed by atoms with Gasteiger partial charge in [-0.1, -0.05) is 42.5 Å². The smallest absolute Gasteiger partial charge is 0.219 e. The molecule has 0 spiro atoms. The van der Waals surface area contributed by atoms with Crippen molar-refractivity contribution in [2.45, 2.75) is 12.8 Å². The number of phenols is 1. The average molecular weight is 466 g/mol. The van der Waals surface area contributed by atoms with E-state index in [1.54, 1.807) is 22.7 Å². The number of aromatic nitrogens is 3. The van der Waals surface area contributed by atoms with Crippen molar-refractivity contribution in [2.24, 2.45) is 0 Å². The number of fused-ring (bicyclic) bond motifs is 2. The van der Waals surface area contributed by atoms with Gasteiger partial charge in [-0.15, -0.1) is 0 Å². The molecule has 7 nitrogen and oxygen atoms in total. The van der Waals surface area contributed by atoms with E-state index in [0.717, 1.165) is 22.4 Å². The molecule has 1 aliphatic rings. The third-order valence-electron chi connectivity index (χ3n) is 6.08. The second-order valence-corrected chi connectivity index (χ2v) is 8.51. The van der Waals surface area contributed by atoms with Crippen molar-refractivity contribution in [1.82, 2.24) is 14.4 Å². The molecule has 1 aliphatic heterocycles. The number of ether oxygens (including phenoxy) is 2. The van der Waals surface area contributed by atoms with Gasteiger partial charge in [-0.3, -0.25) is 4.40 Å². The summed E-state index contributed by atoms with van der Waals surface area (Å²) in [6.45, 7) is 1.04. The minimum absolute atomic E-state index is 0.0728. The highest BCUT2D eigenvalue weighted by atomic mass is 16.6. The first-order valence-electron chi connectivity index (χ1n) is 11.5. The molecule has 35 heavy (non-hydrogen) atoms. The Morgan fingerprint density at radius 2 is 1.46 bits per heavy atom. The molecule has 174 valence electrons. The zero-order valence-corrected chi connectivity index (χ0v) is 18.9. The second-order valence-electron chi connectivity index (χ2n) is 8.51. The van der Waals surface area contributed by atoms with Gasteiger partial charge in [0.1, 0.15) is 24.7 Å². The van der Waals surface area contributed by atoms with Crippen molar-refractivity contribution in [3.8, 4) is 34.4 Å². The van der Waals surface area contributed by atoms with Gasteiger partial charge in [0.25, 0.3) is 0 Å². The zero-order chi connectivity index (χ0) is 23.8. The van der Waals surface area contributed by atoms with Crippen molar-refractivity contribution >= 4 is 5.65 Å². The van der Waals surface area contributed by atoms with Gasteiger partial charge in [0.15, 0.2) is 17.1 Å². The van der Waals surface area contributed by atoms with E-state index in [9.17, 15) is 10.2 Å². The fraction of sp³-hybridized carbons (Fsp3) is 0.143. The molecule has 0 saturated heterocycles. The van der Waals surface area contributed by atoms with Crippen LogP contribution in [-0.4, -0.2) is 37.8 Å². The summed E-state index contributed by atoms with van der Waals surface area (Å²) in [4.78, 5) is 9.74. The molecule has 3 aromatic carbocycles. The lowest BCUT2D eigenvalue weighted by Crippen LogP contribution is -2.15. The first-order valence-corrected chi connectivity index (χ1v) is 11.5. The Hall–Kier alpha value is -4.52. The maximum Gasteiger partial charge on any atom is 0.219 e. The molecule has 2 aromatic heterocycles. The van der Waals surface area contributed by atoms with E-state index < -0.39 is 0 Å². The highest BCUT2D eigenvalue weighted by Gasteiger charge is 2.19. The lowest BCUT2D eigenvalue weighted by Gasteiger charge is -2.19. The number of benzene rings is 3. The summed E-state index contributed by atoms with van der Waals surface area (Å²) in [7, 11) is 0. The molecule has 0 atom stereocenters. The van der Waals surface area contributed by atoms with E-state index in [2.05, 4.69) is 12.1 Å². The van der Waals surface area contributed by atoms with Gasteiger partial charge in [-0.2, -0.15) is 0 Å². The Balaban J connectivity index is 1.47. The van der Waals surface area contributed by atoms with Crippen molar-refractivity contribution in [1.29, 1.82) is 0 Å². The highest BCUT2D eigenvalue weighted by molar-refractivity contribution is 5.66. The molecule has 0 fully saturated rings. The predicted molar refractivity (Wildman–Crippen MR) is 131 cm³/mol. The van der Waals surface area contributed by atoms with E-state index in [1.165, 1.54) is 0 Å². The quantitative estimate of drug-likeness (QED) is 0.389. The summed E-state index contributed by atoms with van der Waals surface area (Å²) in [5.74, 6) is 1.67. The molecule has 0 amide bonds. The molecular weight excluding hydrogens is 442 g/mol. The van der Waals surface area contributed by atoms with Crippen molar-refractivity contribution in [3.63, 3.8) is 0 Å². The first-order chi connectivity index (χ1) is 17.1. The third kappa shape index (κ3) is 4.12. The molecule has 5 aromatic rings. The van der Waals surface area contributed by atoms with Crippen molar-refractivity contribution in [2.75, 3.05) is 13.2 Å². The van der Waals surface area contributed by atoms with E-state index in [4.69, 9.17) is 19.4 Å². The standard InChI is InChI=1S/C28H23N3O4/c32-21-9-6-19(7-10-21)15-23-28(33)31-17-24(20-8-11-25-26(16-20)35-13-12-34-25)29-22(27(31)30-23)14-18-4-2-1-3-5-18/h1-11,16-17,32-33H,12-15H2. The molecule has 0 bridgehead atoms. The Bertz CT molecular complexity index is 1510. The van der Waals surface area contributed by atoms with Crippen LogP contribution in [0.25, 0.3) is 16.9 Å². The van der Waals surface area contributed by atoms with Crippen LogP contribution in [0, 0.1) is 0 Å². The van der Waals surface area contributed by atoms with Crippen LogP contribution in [0.5, 0.6) is 23.1 Å². The number of aromatic hydroxyl groups is 2. The first kappa shape index (κ1) is 21.0. The summed E-state index contributed by atoms with van der Waals surface area (Å²) >= 11 is 0. The number of phenolic OH excluding ortho intramolecular Hbond substituents is 1. The van der Waals surface area contributed by atoms with Crippen LogP contribution in [0.15, 0.2) is 79.0 Å². The maximum atomic E-state index is 11.1. The number of hydrogen-bond acceptors (Lipinski definition) is 6. The van der Waals surface area contributed by atoms with Gasteiger partial charge in [0.05, 0.1) is 11.4 Å². The van der Waals surface area contributed by atoms with Crippen LogP contribution >= 0.6 is 0 Å². The van der Waals surface area contributed by atoms with Crippen LogP contribution in [0.2, 0.25) is 0 Å². The van der Waals surface area contributed by atoms with Gasteiger partial charge in [0.2, 0.25) is 5.88 Å². The van der Waals surface area contributed by atoms with E-state index in [-0.39, 0.29) is 11.6 Å². The molecule has 3 heterocycles. The molecular formula is C28H23N3O4. The Morgan fingerprint density at radius 1 is 0.743 bits per heavy atom. The molecule has 0 aliphatic carbocycles. The minimum Gasteiger partial charge on any atom is -0.508 e. The average Bonchev–Trinajstić information content (AvgIpc) is 3.21. The van der Waals surface area contributed by atoms with Crippen LogP contribution in [-0.2, 0) is 12.8 Å². The number of rotatable bonds is 5. The molecule has 0 saturated carbocycles. The van der Waals surface area contributed by atoms with Crippen LogP contribution < -0.4 is 9.47 Å². The summed E-state index contributed by atoms with van der Waals surface area (Å²) in [5, 5.41) is 20.7. The number of nitrogens with zero attached hydrogens (tertiary/aromatic N) is 3. The lowest BCUT2D eigenvalue weighted by atomic mass is 10.1. The summed E-state index contributed by atoms with van der Waals surface area (Å²) < 4.78 is 13.1. The van der Waals surface area contributed by atoms with Crippen LogP contribution in [0.1, 0.15) is 22.5 Å². The third-order valence-corrected chi connectivity index (χ3v) is 6.08. The molecule has 7 heteroatoms. The summed E-state index contributed by atoms with van der Waals surface area (Å²) in [6.07, 6.45) is 2.80. The molecule has 0 radical (unpaired) electrons. The predicted octanol–water partition coefficient (Wildman–Crippen LogP) is 4.76. The van der Waals surface area contributed by atoms with Crippen molar-refractivity contribution < 1.29 is 19.7 Å². The van der Waals surface area contributed by atoms with E-state index in [0.29, 0.717) is 54.6 Å². The van der Waals surface area contributed by atoms with Crippen LogP contribution in [0.4, 0.5) is 0 Å². The fourth-order valence-corrected chi connectivity index (χ4v) is 4.32. The Morgan fingerprint density at radius 3 is 2.26 bits per heavy atom. The van der Waals surface area contributed by atoms with Gasteiger partial charge < -0.3 is 19.7 Å². The lowest BCUT2D eigenvalue weighted by molar-refractivity contribution is 0.171.